The highest BCUT2D eigenvalue weighted by Gasteiger charge is 2.23. The maximum absolute atomic E-state index is 12.8. The van der Waals surface area contributed by atoms with Crippen LogP contribution < -0.4 is 10.6 Å². The third-order valence-electron chi connectivity index (χ3n) is 4.57. The molecule has 2 N–H and O–H groups in total. The summed E-state index contributed by atoms with van der Waals surface area (Å²) in [6.07, 6.45) is 1.82. The number of hydrogen-bond donors (Lipinski definition) is 2. The van der Waals surface area contributed by atoms with Gasteiger partial charge in [-0.3, -0.25) is 9.59 Å². The zero-order chi connectivity index (χ0) is 19.2. The average Bonchev–Trinajstić information content (AvgIpc) is 3.32. The lowest BCUT2D eigenvalue weighted by Crippen LogP contribution is -2.47. The summed E-state index contributed by atoms with van der Waals surface area (Å²) in [4.78, 5) is 25.1. The van der Waals surface area contributed by atoms with Gasteiger partial charge in [-0.05, 0) is 36.8 Å². The highest BCUT2D eigenvalue weighted by molar-refractivity contribution is 5.95. The molecule has 0 aliphatic carbocycles. The molecule has 0 unspecified atom stereocenters. The maximum atomic E-state index is 12.8. The smallest absolute Gasteiger partial charge is 0.287 e. The molecule has 6 nitrogen and oxygen atoms in total. The van der Waals surface area contributed by atoms with Crippen molar-refractivity contribution in [2.24, 2.45) is 7.05 Å². The van der Waals surface area contributed by atoms with E-state index < -0.39 is 11.9 Å². The molecule has 140 valence electrons. The number of benzene rings is 1. The Balaban J connectivity index is 1.70. The van der Waals surface area contributed by atoms with E-state index in [1.807, 2.05) is 61.0 Å². The van der Waals surface area contributed by atoms with Gasteiger partial charge in [0.1, 0.15) is 6.04 Å². The van der Waals surface area contributed by atoms with Gasteiger partial charge >= 0.3 is 0 Å². The number of nitrogens with zero attached hydrogens (tertiary/aromatic N) is 1. The summed E-state index contributed by atoms with van der Waals surface area (Å²) < 4.78 is 7.15. The van der Waals surface area contributed by atoms with E-state index in [9.17, 15) is 9.59 Å². The zero-order valence-corrected chi connectivity index (χ0v) is 15.4. The van der Waals surface area contributed by atoms with Gasteiger partial charge in [0.2, 0.25) is 5.91 Å². The molecule has 1 aromatic carbocycles. The Morgan fingerprint density at radius 3 is 2.48 bits per heavy atom. The van der Waals surface area contributed by atoms with Crippen LogP contribution in [0.5, 0.6) is 0 Å². The van der Waals surface area contributed by atoms with Gasteiger partial charge < -0.3 is 19.6 Å². The monoisotopic (exact) mass is 365 g/mol. The second-order valence-electron chi connectivity index (χ2n) is 6.44. The number of furan rings is 1. The fourth-order valence-electron chi connectivity index (χ4n) is 2.84. The van der Waals surface area contributed by atoms with E-state index in [0.717, 1.165) is 17.0 Å². The molecule has 3 rings (SSSR count). The van der Waals surface area contributed by atoms with Crippen molar-refractivity contribution in [3.05, 3.63) is 83.6 Å². The fraction of sp³-hybridized carbons (Fsp3) is 0.238. The number of hydrogen-bond acceptors (Lipinski definition) is 3. The molecule has 0 bridgehead atoms. The van der Waals surface area contributed by atoms with Gasteiger partial charge in [-0.25, -0.2) is 0 Å². The summed E-state index contributed by atoms with van der Waals surface area (Å²) in [6.45, 7) is 2.40. The highest BCUT2D eigenvalue weighted by Crippen LogP contribution is 2.08. The van der Waals surface area contributed by atoms with Crippen molar-refractivity contribution in [2.45, 2.75) is 25.9 Å². The fourth-order valence-corrected chi connectivity index (χ4v) is 2.84. The summed E-state index contributed by atoms with van der Waals surface area (Å²) in [6, 6.07) is 16.1. The first kappa shape index (κ1) is 18.5. The summed E-state index contributed by atoms with van der Waals surface area (Å²) in [5, 5.41) is 5.69. The van der Waals surface area contributed by atoms with Gasteiger partial charge in [-0.1, -0.05) is 30.3 Å². The van der Waals surface area contributed by atoms with Gasteiger partial charge in [-0.15, -0.1) is 0 Å². The maximum Gasteiger partial charge on any atom is 0.287 e. The molecule has 0 aliphatic heterocycles. The van der Waals surface area contributed by atoms with Gasteiger partial charge in [-0.2, -0.15) is 0 Å². The molecule has 0 saturated carbocycles. The first-order valence-corrected chi connectivity index (χ1v) is 8.82. The minimum absolute atomic E-state index is 0.180. The summed E-state index contributed by atoms with van der Waals surface area (Å²) in [7, 11) is 1.96. The molecule has 0 spiro atoms. The Morgan fingerprint density at radius 1 is 1.07 bits per heavy atom. The minimum Gasteiger partial charge on any atom is -0.459 e. The van der Waals surface area contributed by atoms with Crippen molar-refractivity contribution in [2.75, 3.05) is 0 Å². The van der Waals surface area contributed by atoms with Gasteiger partial charge in [0.05, 0.1) is 12.8 Å². The van der Waals surface area contributed by atoms with Gasteiger partial charge in [0.25, 0.3) is 5.91 Å². The Morgan fingerprint density at radius 2 is 1.85 bits per heavy atom. The van der Waals surface area contributed by atoms with Gasteiger partial charge in [0, 0.05) is 24.9 Å². The molecule has 1 atom stereocenters. The number of aryl methyl sites for hydroxylation is 1. The van der Waals surface area contributed by atoms with E-state index in [4.69, 9.17) is 4.42 Å². The Labute approximate surface area is 158 Å². The highest BCUT2D eigenvalue weighted by atomic mass is 16.3. The second-order valence-corrected chi connectivity index (χ2v) is 6.44. The Hall–Kier alpha value is -3.28. The Kier molecular flexibility index (Phi) is 5.76. The quantitative estimate of drug-likeness (QED) is 0.676. The Bertz CT molecular complexity index is 898. The average molecular weight is 365 g/mol. The summed E-state index contributed by atoms with van der Waals surface area (Å²) in [5.74, 6) is -0.470. The molecule has 27 heavy (non-hydrogen) atoms. The van der Waals surface area contributed by atoms with Crippen LogP contribution in [0.25, 0.3) is 0 Å². The number of rotatable bonds is 7. The van der Waals surface area contributed by atoms with Crippen LogP contribution in [-0.2, 0) is 24.8 Å². The lowest BCUT2D eigenvalue weighted by atomic mass is 10.0. The van der Waals surface area contributed by atoms with Crippen LogP contribution in [0.2, 0.25) is 0 Å². The molecule has 3 aromatic rings. The molecule has 0 fully saturated rings. The molecular formula is C21H23N3O3. The molecular weight excluding hydrogens is 342 g/mol. The predicted octanol–water partition coefficient (Wildman–Crippen LogP) is 2.58. The van der Waals surface area contributed by atoms with Gasteiger partial charge in [0.15, 0.2) is 5.76 Å². The first-order chi connectivity index (χ1) is 13.0. The van der Waals surface area contributed by atoms with Crippen molar-refractivity contribution < 1.29 is 14.0 Å². The topological polar surface area (TPSA) is 76.3 Å². The van der Waals surface area contributed by atoms with Crippen molar-refractivity contribution >= 4 is 11.8 Å². The van der Waals surface area contributed by atoms with E-state index in [-0.39, 0.29) is 11.7 Å². The summed E-state index contributed by atoms with van der Waals surface area (Å²) >= 11 is 0. The van der Waals surface area contributed by atoms with Crippen molar-refractivity contribution in [1.29, 1.82) is 0 Å². The van der Waals surface area contributed by atoms with E-state index in [1.54, 1.807) is 12.1 Å². The van der Waals surface area contributed by atoms with Crippen molar-refractivity contribution in [3.8, 4) is 0 Å². The van der Waals surface area contributed by atoms with E-state index in [2.05, 4.69) is 10.6 Å². The van der Waals surface area contributed by atoms with Crippen LogP contribution in [0.4, 0.5) is 0 Å². The van der Waals surface area contributed by atoms with E-state index >= 15 is 0 Å². The number of carbonyl (C=O) groups is 2. The molecule has 6 heteroatoms. The standard InChI is InChI=1S/C21H23N3O3/c1-15-10-11-17(24(15)2)14-22-20(25)18(13-16-7-4-3-5-8-16)23-21(26)19-9-6-12-27-19/h3-12,18H,13-14H2,1-2H3,(H,22,25)(H,23,26)/t18-/m0/s1. The van der Waals surface area contributed by atoms with E-state index in [1.165, 1.54) is 6.26 Å². The molecule has 2 aromatic heterocycles. The van der Waals surface area contributed by atoms with Crippen LogP contribution in [0.1, 0.15) is 27.5 Å². The molecule has 0 saturated heterocycles. The number of nitrogens with one attached hydrogen (secondary N) is 2. The van der Waals surface area contributed by atoms with Crippen LogP contribution in [0.15, 0.2) is 65.3 Å². The lowest BCUT2D eigenvalue weighted by Gasteiger charge is -2.18. The van der Waals surface area contributed by atoms with E-state index in [0.29, 0.717) is 13.0 Å². The van der Waals surface area contributed by atoms with Crippen molar-refractivity contribution in [3.63, 3.8) is 0 Å². The van der Waals surface area contributed by atoms with Crippen LogP contribution in [-0.4, -0.2) is 22.4 Å². The molecule has 0 radical (unpaired) electrons. The lowest BCUT2D eigenvalue weighted by molar-refractivity contribution is -0.123. The molecule has 2 amide bonds. The molecule has 2 heterocycles. The number of carbonyl (C=O) groups excluding carboxylic acids is 2. The molecule has 0 aliphatic rings. The number of amides is 2. The first-order valence-electron chi connectivity index (χ1n) is 8.82. The normalized spacial score (nSPS) is 11.8. The van der Waals surface area contributed by atoms with Crippen LogP contribution in [0.3, 0.4) is 0 Å². The van der Waals surface area contributed by atoms with Crippen molar-refractivity contribution in [1.82, 2.24) is 15.2 Å². The van der Waals surface area contributed by atoms with Crippen LogP contribution >= 0.6 is 0 Å². The largest absolute Gasteiger partial charge is 0.459 e. The minimum atomic E-state index is -0.702. The zero-order valence-electron chi connectivity index (χ0n) is 15.4. The second kappa shape index (κ2) is 8.40. The third kappa shape index (κ3) is 4.67. The SMILES string of the molecule is Cc1ccc(CNC(=O)[C@H](Cc2ccccc2)NC(=O)c2ccco2)n1C. The predicted molar refractivity (Wildman–Crippen MR) is 102 cm³/mol. The summed E-state index contributed by atoms with van der Waals surface area (Å²) in [5.41, 5.74) is 3.08. The number of aromatic nitrogens is 1. The van der Waals surface area contributed by atoms with Crippen LogP contribution in [0, 0.1) is 6.92 Å². The third-order valence-corrected chi connectivity index (χ3v) is 4.57.